The summed E-state index contributed by atoms with van der Waals surface area (Å²) in [5, 5.41) is 0.466. The molecule has 0 saturated heterocycles. The van der Waals surface area contributed by atoms with Gasteiger partial charge in [0.05, 0.1) is 6.61 Å². The molecule has 2 heterocycles. The number of rotatable bonds is 8. The minimum atomic E-state index is -0.476. The summed E-state index contributed by atoms with van der Waals surface area (Å²) in [5.74, 6) is 0.347. The van der Waals surface area contributed by atoms with Gasteiger partial charge >= 0.3 is 5.97 Å². The van der Waals surface area contributed by atoms with E-state index in [1.54, 1.807) is 24.1 Å². The number of benzene rings is 1. The van der Waals surface area contributed by atoms with Gasteiger partial charge in [0.15, 0.2) is 10.8 Å². The number of thiazole rings is 1. The molecular formula is C23H24N4O3S. The Morgan fingerprint density at radius 1 is 1.16 bits per heavy atom. The molecule has 1 fully saturated rings. The van der Waals surface area contributed by atoms with Crippen LogP contribution in [0.5, 0.6) is 0 Å². The number of esters is 1. The van der Waals surface area contributed by atoms with Crippen LogP contribution in [0.4, 0.5) is 5.13 Å². The van der Waals surface area contributed by atoms with Crippen molar-refractivity contribution >= 4 is 28.3 Å². The van der Waals surface area contributed by atoms with E-state index in [0.717, 1.165) is 24.2 Å². The number of amides is 1. The Morgan fingerprint density at radius 3 is 2.65 bits per heavy atom. The highest BCUT2D eigenvalue weighted by atomic mass is 32.1. The van der Waals surface area contributed by atoms with Crippen molar-refractivity contribution in [2.24, 2.45) is 0 Å². The quantitative estimate of drug-likeness (QED) is 0.492. The van der Waals surface area contributed by atoms with Crippen LogP contribution in [0.25, 0.3) is 0 Å². The van der Waals surface area contributed by atoms with Crippen molar-refractivity contribution in [1.82, 2.24) is 15.0 Å². The zero-order valence-electron chi connectivity index (χ0n) is 17.6. The second kappa shape index (κ2) is 9.34. The fraction of sp³-hybridized carbons (Fsp3) is 0.348. The summed E-state index contributed by atoms with van der Waals surface area (Å²) >= 11 is 1.31. The van der Waals surface area contributed by atoms with Gasteiger partial charge in [-0.25, -0.2) is 19.7 Å². The van der Waals surface area contributed by atoms with E-state index < -0.39 is 5.97 Å². The molecule has 1 aliphatic rings. The lowest BCUT2D eigenvalue weighted by Gasteiger charge is -2.20. The third-order valence-electron chi connectivity index (χ3n) is 5.03. The van der Waals surface area contributed by atoms with Crippen molar-refractivity contribution < 1.29 is 14.3 Å². The first-order valence-electron chi connectivity index (χ1n) is 10.4. The molecule has 0 atom stereocenters. The van der Waals surface area contributed by atoms with Crippen molar-refractivity contribution in [2.75, 3.05) is 18.1 Å². The van der Waals surface area contributed by atoms with Crippen molar-refractivity contribution in [3.05, 3.63) is 70.2 Å². The maximum atomic E-state index is 13.5. The van der Waals surface area contributed by atoms with Gasteiger partial charge in [-0.1, -0.05) is 30.3 Å². The van der Waals surface area contributed by atoms with Crippen LogP contribution < -0.4 is 4.90 Å². The van der Waals surface area contributed by atoms with Gasteiger partial charge < -0.3 is 4.74 Å². The molecule has 0 bridgehead atoms. The molecule has 160 valence electrons. The molecule has 0 radical (unpaired) electrons. The maximum absolute atomic E-state index is 13.5. The van der Waals surface area contributed by atoms with Gasteiger partial charge in [-0.2, -0.15) is 0 Å². The summed E-state index contributed by atoms with van der Waals surface area (Å²) < 4.78 is 5.11. The number of carbonyl (C=O) groups excluding carboxylic acids is 2. The average Bonchev–Trinajstić information content (AvgIpc) is 3.57. The Hall–Kier alpha value is -3.13. The number of nitrogens with zero attached hydrogens (tertiary/aromatic N) is 4. The molecule has 4 rings (SSSR count). The molecule has 1 aliphatic carbocycles. The molecule has 2 aromatic heterocycles. The number of hydrogen-bond donors (Lipinski definition) is 0. The van der Waals surface area contributed by atoms with Crippen LogP contribution >= 0.6 is 11.3 Å². The van der Waals surface area contributed by atoms with Crippen molar-refractivity contribution in [1.29, 1.82) is 0 Å². The van der Waals surface area contributed by atoms with E-state index in [2.05, 4.69) is 15.0 Å². The first-order valence-corrected chi connectivity index (χ1v) is 11.2. The molecule has 0 aliphatic heterocycles. The number of ether oxygens (including phenoxy) is 1. The van der Waals surface area contributed by atoms with Gasteiger partial charge in [0.2, 0.25) is 0 Å². The Kier molecular flexibility index (Phi) is 6.36. The molecule has 0 unspecified atom stereocenters. The van der Waals surface area contributed by atoms with Crippen LogP contribution in [0.1, 0.15) is 62.9 Å². The lowest BCUT2D eigenvalue weighted by Crippen LogP contribution is -2.33. The Morgan fingerprint density at radius 2 is 1.94 bits per heavy atom. The second-order valence-corrected chi connectivity index (χ2v) is 8.57. The van der Waals surface area contributed by atoms with Crippen LogP contribution in [0.3, 0.4) is 0 Å². The average molecular weight is 437 g/mol. The first-order chi connectivity index (χ1) is 15.1. The number of carbonyl (C=O) groups is 2. The van der Waals surface area contributed by atoms with Gasteiger partial charge in [-0.05, 0) is 44.7 Å². The number of aromatic nitrogens is 3. The largest absolute Gasteiger partial charge is 0.461 e. The van der Waals surface area contributed by atoms with E-state index in [4.69, 9.17) is 4.74 Å². The summed E-state index contributed by atoms with van der Waals surface area (Å²) in [6.45, 7) is 4.25. The van der Waals surface area contributed by atoms with E-state index in [9.17, 15) is 9.59 Å². The fourth-order valence-electron chi connectivity index (χ4n) is 3.23. The molecule has 1 aromatic carbocycles. The van der Waals surface area contributed by atoms with E-state index in [1.165, 1.54) is 11.3 Å². The third kappa shape index (κ3) is 4.96. The van der Waals surface area contributed by atoms with Gasteiger partial charge in [-0.3, -0.25) is 9.69 Å². The predicted octanol–water partition coefficient (Wildman–Crippen LogP) is 4.19. The van der Waals surface area contributed by atoms with Crippen LogP contribution in [0.2, 0.25) is 0 Å². The monoisotopic (exact) mass is 436 g/mol. The number of hydrogen-bond acceptors (Lipinski definition) is 7. The lowest BCUT2D eigenvalue weighted by atomic mass is 10.1. The third-order valence-corrected chi connectivity index (χ3v) is 6.03. The van der Waals surface area contributed by atoms with E-state index in [-0.39, 0.29) is 18.2 Å². The highest BCUT2D eigenvalue weighted by Crippen LogP contribution is 2.38. The van der Waals surface area contributed by atoms with E-state index >= 15 is 0 Å². The molecule has 3 aromatic rings. The Bertz CT molecular complexity index is 1080. The zero-order valence-corrected chi connectivity index (χ0v) is 18.4. The van der Waals surface area contributed by atoms with Gasteiger partial charge in [0.25, 0.3) is 5.91 Å². The fourth-order valence-corrected chi connectivity index (χ4v) is 4.15. The smallest absolute Gasteiger partial charge is 0.358 e. The first kappa shape index (κ1) is 21.1. The summed E-state index contributed by atoms with van der Waals surface area (Å²) in [6.07, 6.45) is 4.41. The Balaban J connectivity index is 1.64. The molecule has 1 saturated carbocycles. The molecular weight excluding hydrogens is 412 g/mol. The highest BCUT2D eigenvalue weighted by Gasteiger charge is 2.29. The minimum Gasteiger partial charge on any atom is -0.461 e. The molecule has 1 amide bonds. The van der Waals surface area contributed by atoms with Crippen molar-refractivity contribution in [3.8, 4) is 0 Å². The minimum absolute atomic E-state index is 0.246. The Labute approximate surface area is 185 Å². The number of aryl methyl sites for hydroxylation is 1. The molecule has 31 heavy (non-hydrogen) atoms. The van der Waals surface area contributed by atoms with Crippen LogP contribution in [-0.4, -0.2) is 40.0 Å². The van der Waals surface area contributed by atoms with Gasteiger partial charge in [0, 0.05) is 23.5 Å². The normalized spacial score (nSPS) is 13.1. The number of anilines is 1. The molecule has 7 nitrogen and oxygen atoms in total. The molecule has 8 heteroatoms. The van der Waals surface area contributed by atoms with E-state index in [1.807, 2.05) is 37.3 Å². The summed E-state index contributed by atoms with van der Waals surface area (Å²) in [5.41, 5.74) is 1.71. The van der Waals surface area contributed by atoms with E-state index in [0.29, 0.717) is 34.6 Å². The summed E-state index contributed by atoms with van der Waals surface area (Å²) in [6, 6.07) is 11.6. The van der Waals surface area contributed by atoms with Crippen LogP contribution in [0.15, 0.2) is 42.6 Å². The highest BCUT2D eigenvalue weighted by molar-refractivity contribution is 7.16. The lowest BCUT2D eigenvalue weighted by molar-refractivity contribution is 0.0519. The van der Waals surface area contributed by atoms with Crippen molar-refractivity contribution in [2.45, 2.75) is 39.0 Å². The summed E-state index contributed by atoms with van der Waals surface area (Å²) in [4.78, 5) is 41.3. The van der Waals surface area contributed by atoms with Gasteiger partial charge in [-0.15, -0.1) is 11.3 Å². The zero-order chi connectivity index (χ0) is 21.8. The van der Waals surface area contributed by atoms with Crippen LogP contribution in [0, 0.1) is 6.92 Å². The molecule has 0 spiro atoms. The molecule has 0 N–H and O–H groups in total. The topological polar surface area (TPSA) is 85.3 Å². The standard InChI is InChI=1S/C23H24N4O3S/c1-3-30-22(29)19-15(2)31-23(26-19)27(14-12-16-7-5-4-6-8-16)21(28)18-11-13-24-20(25-18)17-9-10-17/h4-8,11,13,17H,3,9-10,12,14H2,1-2H3. The second-order valence-electron chi connectivity index (χ2n) is 7.39. The SMILES string of the molecule is CCOC(=O)c1nc(N(CCc2ccccc2)C(=O)c2ccnc(C3CC3)n2)sc1C. The van der Waals surface area contributed by atoms with Gasteiger partial charge in [0.1, 0.15) is 11.5 Å². The van der Waals surface area contributed by atoms with Crippen molar-refractivity contribution in [3.63, 3.8) is 0 Å². The maximum Gasteiger partial charge on any atom is 0.358 e. The summed E-state index contributed by atoms with van der Waals surface area (Å²) in [7, 11) is 0. The van der Waals surface area contributed by atoms with Crippen LogP contribution in [-0.2, 0) is 11.2 Å². The predicted molar refractivity (Wildman–Crippen MR) is 119 cm³/mol.